The van der Waals surface area contributed by atoms with E-state index in [4.69, 9.17) is 11.6 Å². The number of rotatable bonds is 5. The second-order valence-electron chi connectivity index (χ2n) is 6.09. The van der Waals surface area contributed by atoms with E-state index in [-0.39, 0.29) is 5.92 Å². The van der Waals surface area contributed by atoms with Gasteiger partial charge < -0.3 is 0 Å². The molecule has 0 aliphatic rings. The van der Waals surface area contributed by atoms with Crippen LogP contribution in [0.5, 0.6) is 0 Å². The van der Waals surface area contributed by atoms with Gasteiger partial charge in [-0.15, -0.1) is 0 Å². The lowest BCUT2D eigenvalue weighted by Crippen LogP contribution is -1.92. The molecule has 0 fully saturated rings. The third-order valence-electron chi connectivity index (χ3n) is 4.13. The van der Waals surface area contributed by atoms with Gasteiger partial charge in [-0.1, -0.05) is 120 Å². The molecule has 124 valence electrons. The lowest BCUT2D eigenvalue weighted by Gasteiger charge is -2.10. The van der Waals surface area contributed by atoms with Crippen LogP contribution in [0.2, 0.25) is 0 Å². The van der Waals surface area contributed by atoms with Crippen molar-refractivity contribution >= 4 is 22.7 Å². The topological polar surface area (TPSA) is 0 Å². The molecule has 0 spiro atoms. The van der Waals surface area contributed by atoms with Gasteiger partial charge in [-0.3, -0.25) is 0 Å². The Hall–Kier alpha value is -2.57. The van der Waals surface area contributed by atoms with Crippen LogP contribution in [0.3, 0.4) is 0 Å². The maximum absolute atomic E-state index is 6.61. The molecule has 0 saturated carbocycles. The summed E-state index contributed by atoms with van der Waals surface area (Å²) < 4.78 is 0. The van der Waals surface area contributed by atoms with Gasteiger partial charge in [0.1, 0.15) is 0 Å². The fourth-order valence-electron chi connectivity index (χ4n) is 2.68. The van der Waals surface area contributed by atoms with Crippen LogP contribution in [-0.2, 0) is 0 Å². The summed E-state index contributed by atoms with van der Waals surface area (Å²) in [6.07, 6.45) is 6.45. The zero-order valence-corrected chi connectivity index (χ0v) is 15.0. The van der Waals surface area contributed by atoms with Crippen molar-refractivity contribution in [1.82, 2.24) is 0 Å². The van der Waals surface area contributed by atoms with Crippen LogP contribution in [0.1, 0.15) is 28.2 Å². The Labute approximate surface area is 155 Å². The first kappa shape index (κ1) is 17.3. The van der Waals surface area contributed by atoms with E-state index < -0.39 is 0 Å². The van der Waals surface area contributed by atoms with Crippen molar-refractivity contribution in [2.75, 3.05) is 0 Å². The minimum Gasteiger partial charge on any atom is -0.0840 e. The highest BCUT2D eigenvalue weighted by atomic mass is 35.5. The minimum atomic E-state index is 0.121. The molecular weight excluding hydrogens is 324 g/mol. The van der Waals surface area contributed by atoms with Gasteiger partial charge in [0.15, 0.2) is 0 Å². The fraction of sp³-hybridized carbons (Fsp3) is 0.0833. The Morgan fingerprint density at radius 2 is 1.40 bits per heavy atom. The second kappa shape index (κ2) is 8.50. The molecule has 0 N–H and O–H groups in total. The van der Waals surface area contributed by atoms with Crippen LogP contribution < -0.4 is 0 Å². The molecule has 0 heterocycles. The van der Waals surface area contributed by atoms with Gasteiger partial charge in [-0.05, 0) is 23.6 Å². The quantitative estimate of drug-likeness (QED) is 0.464. The van der Waals surface area contributed by atoms with Gasteiger partial charge in [0.05, 0.1) is 0 Å². The van der Waals surface area contributed by atoms with Crippen molar-refractivity contribution in [3.63, 3.8) is 0 Å². The van der Waals surface area contributed by atoms with Crippen molar-refractivity contribution in [2.24, 2.45) is 0 Å². The molecule has 1 unspecified atom stereocenters. The molecule has 0 aromatic heterocycles. The number of halogens is 1. The summed E-state index contributed by atoms with van der Waals surface area (Å²) in [6.45, 7) is 2.08. The lowest BCUT2D eigenvalue weighted by atomic mass is 9.96. The first-order valence-electron chi connectivity index (χ1n) is 8.45. The molecule has 3 aromatic rings. The van der Waals surface area contributed by atoms with Gasteiger partial charge in [0.25, 0.3) is 0 Å². The van der Waals surface area contributed by atoms with Gasteiger partial charge in [-0.2, -0.15) is 0 Å². The summed E-state index contributed by atoms with van der Waals surface area (Å²) in [5.74, 6) is 0.121. The molecule has 0 bridgehead atoms. The average molecular weight is 345 g/mol. The van der Waals surface area contributed by atoms with Crippen LogP contribution in [0.25, 0.3) is 11.1 Å². The van der Waals surface area contributed by atoms with Gasteiger partial charge >= 0.3 is 0 Å². The van der Waals surface area contributed by atoms with Crippen molar-refractivity contribution in [3.8, 4) is 0 Å². The Morgan fingerprint density at radius 1 is 0.800 bits per heavy atom. The van der Waals surface area contributed by atoms with E-state index in [0.717, 1.165) is 10.6 Å². The molecular formula is C24H21Cl. The molecule has 25 heavy (non-hydrogen) atoms. The summed E-state index contributed by atoms with van der Waals surface area (Å²) >= 11 is 6.61. The molecule has 1 atom stereocenters. The van der Waals surface area contributed by atoms with Crippen LogP contribution in [0.4, 0.5) is 0 Å². The first-order valence-corrected chi connectivity index (χ1v) is 8.83. The van der Waals surface area contributed by atoms with E-state index >= 15 is 0 Å². The molecule has 1 heteroatoms. The highest BCUT2D eigenvalue weighted by Gasteiger charge is 2.07. The molecule has 0 aliphatic carbocycles. The molecule has 3 aromatic carbocycles. The van der Waals surface area contributed by atoms with Crippen molar-refractivity contribution in [2.45, 2.75) is 12.8 Å². The molecule has 0 saturated heterocycles. The van der Waals surface area contributed by atoms with Crippen molar-refractivity contribution < 1.29 is 0 Å². The van der Waals surface area contributed by atoms with Crippen LogP contribution in [-0.4, -0.2) is 0 Å². The standard InChI is InChI=1S/C24H21Cl/c1-19-12-15-22(16-13-19)24(25)18-23(21-10-6-3-7-11-21)17-14-20-8-4-2-5-9-20/h2-18,23H,1H3/b17-14+,24-18-. The molecule has 3 rings (SSSR count). The Kier molecular flexibility index (Phi) is 5.87. The van der Waals surface area contributed by atoms with Crippen LogP contribution in [0, 0.1) is 6.92 Å². The maximum atomic E-state index is 6.61. The van der Waals surface area contributed by atoms with Gasteiger partial charge in [-0.25, -0.2) is 0 Å². The van der Waals surface area contributed by atoms with Gasteiger partial charge in [0, 0.05) is 11.0 Å². The fourth-order valence-corrected chi connectivity index (χ4v) is 2.95. The lowest BCUT2D eigenvalue weighted by molar-refractivity contribution is 1.09. The molecule has 0 nitrogen and oxygen atoms in total. The van der Waals surface area contributed by atoms with E-state index in [9.17, 15) is 0 Å². The zero-order chi connectivity index (χ0) is 17.5. The number of benzene rings is 3. The Balaban J connectivity index is 1.92. The maximum Gasteiger partial charge on any atom is 0.0447 e. The van der Waals surface area contributed by atoms with Crippen molar-refractivity contribution in [1.29, 1.82) is 0 Å². The normalized spacial score (nSPS) is 13.1. The predicted octanol–water partition coefficient (Wildman–Crippen LogP) is 7.07. The Morgan fingerprint density at radius 3 is 2.04 bits per heavy atom. The minimum absolute atomic E-state index is 0.121. The van der Waals surface area contributed by atoms with Crippen LogP contribution >= 0.6 is 11.6 Å². The van der Waals surface area contributed by atoms with Crippen molar-refractivity contribution in [3.05, 3.63) is 119 Å². The summed E-state index contributed by atoms with van der Waals surface area (Å²) in [5.41, 5.74) is 4.68. The number of hydrogen-bond donors (Lipinski definition) is 0. The third kappa shape index (κ3) is 4.95. The highest BCUT2D eigenvalue weighted by Crippen LogP contribution is 2.28. The second-order valence-corrected chi connectivity index (χ2v) is 6.49. The van der Waals surface area contributed by atoms with E-state index in [1.165, 1.54) is 16.7 Å². The number of hydrogen-bond acceptors (Lipinski definition) is 0. The Bertz CT molecular complexity index is 844. The smallest absolute Gasteiger partial charge is 0.0447 e. The summed E-state index contributed by atoms with van der Waals surface area (Å²) in [7, 11) is 0. The van der Waals surface area contributed by atoms with E-state index in [0.29, 0.717) is 0 Å². The summed E-state index contributed by atoms with van der Waals surface area (Å²) in [6, 6.07) is 29.1. The number of allylic oxidation sites excluding steroid dienone is 2. The van der Waals surface area contributed by atoms with Crippen LogP contribution in [0.15, 0.2) is 97.1 Å². The SMILES string of the molecule is Cc1ccc(/C(Cl)=C/C(/C=C/c2ccccc2)c2ccccc2)cc1. The average Bonchev–Trinajstić information content (AvgIpc) is 2.67. The van der Waals surface area contributed by atoms with E-state index in [2.05, 4.69) is 85.8 Å². The van der Waals surface area contributed by atoms with E-state index in [1.807, 2.05) is 24.3 Å². The highest BCUT2D eigenvalue weighted by molar-refractivity contribution is 6.48. The summed E-state index contributed by atoms with van der Waals surface area (Å²) in [5, 5.41) is 0.770. The zero-order valence-electron chi connectivity index (χ0n) is 14.3. The van der Waals surface area contributed by atoms with Gasteiger partial charge in [0.2, 0.25) is 0 Å². The first-order chi connectivity index (χ1) is 12.2. The molecule has 0 aliphatic heterocycles. The predicted molar refractivity (Wildman–Crippen MR) is 110 cm³/mol. The molecule has 0 radical (unpaired) electrons. The molecule has 0 amide bonds. The monoisotopic (exact) mass is 344 g/mol. The third-order valence-corrected chi connectivity index (χ3v) is 4.48. The number of aryl methyl sites for hydroxylation is 1. The summed E-state index contributed by atoms with van der Waals surface area (Å²) in [4.78, 5) is 0. The largest absolute Gasteiger partial charge is 0.0840 e. The van der Waals surface area contributed by atoms with E-state index in [1.54, 1.807) is 0 Å².